The van der Waals surface area contributed by atoms with Gasteiger partial charge in [-0.05, 0) is 36.0 Å². The second kappa shape index (κ2) is 4.93. The van der Waals surface area contributed by atoms with Crippen LogP contribution in [0.2, 0.25) is 0 Å². The first kappa shape index (κ1) is 13.2. The summed E-state index contributed by atoms with van der Waals surface area (Å²) in [6.45, 7) is 6.10. The molecule has 20 heavy (non-hydrogen) atoms. The monoisotopic (exact) mass is 272 g/mol. The van der Waals surface area contributed by atoms with Crippen molar-refractivity contribution < 1.29 is 9.59 Å². The Hall–Kier alpha value is -1.84. The Morgan fingerprint density at radius 2 is 2.10 bits per heavy atom. The van der Waals surface area contributed by atoms with Crippen LogP contribution in [0.4, 0.5) is 5.69 Å². The first-order valence-electron chi connectivity index (χ1n) is 7.26. The van der Waals surface area contributed by atoms with E-state index in [1.807, 2.05) is 23.1 Å². The number of amides is 2. The average Bonchev–Trinajstić information content (AvgIpc) is 2.80. The molecule has 1 saturated heterocycles. The Morgan fingerprint density at radius 3 is 2.85 bits per heavy atom. The van der Waals surface area contributed by atoms with Crippen LogP contribution < -0.4 is 5.32 Å². The lowest BCUT2D eigenvalue weighted by molar-refractivity contribution is -0.115. The van der Waals surface area contributed by atoms with Gasteiger partial charge in [0.1, 0.15) is 0 Å². The van der Waals surface area contributed by atoms with Crippen LogP contribution in [-0.2, 0) is 11.2 Å². The average molecular weight is 272 g/mol. The van der Waals surface area contributed by atoms with Crippen molar-refractivity contribution in [2.45, 2.75) is 26.7 Å². The Balaban J connectivity index is 1.78. The van der Waals surface area contributed by atoms with Gasteiger partial charge in [0.05, 0.1) is 6.42 Å². The molecule has 3 rings (SSSR count). The van der Waals surface area contributed by atoms with E-state index in [0.717, 1.165) is 30.8 Å². The van der Waals surface area contributed by atoms with Crippen molar-refractivity contribution in [1.29, 1.82) is 0 Å². The largest absolute Gasteiger partial charge is 0.338 e. The maximum absolute atomic E-state index is 12.5. The Kier molecular flexibility index (Phi) is 3.24. The van der Waals surface area contributed by atoms with E-state index in [1.54, 1.807) is 0 Å². The highest BCUT2D eigenvalue weighted by Crippen LogP contribution is 2.27. The van der Waals surface area contributed by atoms with E-state index in [0.29, 0.717) is 23.8 Å². The van der Waals surface area contributed by atoms with Crippen LogP contribution in [0.1, 0.15) is 36.2 Å². The van der Waals surface area contributed by atoms with Gasteiger partial charge >= 0.3 is 0 Å². The van der Waals surface area contributed by atoms with Crippen LogP contribution in [-0.4, -0.2) is 29.8 Å². The van der Waals surface area contributed by atoms with Crippen LogP contribution in [0, 0.1) is 11.8 Å². The fourth-order valence-electron chi connectivity index (χ4n) is 2.98. The van der Waals surface area contributed by atoms with E-state index >= 15 is 0 Å². The summed E-state index contributed by atoms with van der Waals surface area (Å²) in [5.41, 5.74) is 2.44. The van der Waals surface area contributed by atoms with Gasteiger partial charge in [0.2, 0.25) is 5.91 Å². The zero-order valence-corrected chi connectivity index (χ0v) is 12.0. The summed E-state index contributed by atoms with van der Waals surface area (Å²) in [6.07, 6.45) is 1.48. The molecule has 0 aliphatic carbocycles. The predicted octanol–water partition coefficient (Wildman–Crippen LogP) is 2.30. The van der Waals surface area contributed by atoms with E-state index < -0.39 is 0 Å². The lowest BCUT2D eigenvalue weighted by atomic mass is 9.88. The van der Waals surface area contributed by atoms with Gasteiger partial charge in [-0.25, -0.2) is 0 Å². The molecule has 2 aliphatic rings. The van der Waals surface area contributed by atoms with Gasteiger partial charge in [-0.2, -0.15) is 0 Å². The molecule has 4 heteroatoms. The Labute approximate surface area is 119 Å². The summed E-state index contributed by atoms with van der Waals surface area (Å²) in [5.74, 6) is 1.30. The third kappa shape index (κ3) is 2.30. The topological polar surface area (TPSA) is 49.4 Å². The van der Waals surface area contributed by atoms with Crippen molar-refractivity contribution in [3.63, 3.8) is 0 Å². The Bertz CT molecular complexity index is 568. The van der Waals surface area contributed by atoms with Crippen molar-refractivity contribution in [3.05, 3.63) is 29.3 Å². The number of rotatable bonds is 1. The fourth-order valence-corrected chi connectivity index (χ4v) is 2.98. The first-order chi connectivity index (χ1) is 9.54. The van der Waals surface area contributed by atoms with Gasteiger partial charge in [0.15, 0.2) is 0 Å². The van der Waals surface area contributed by atoms with Crippen LogP contribution >= 0.6 is 0 Å². The smallest absolute Gasteiger partial charge is 0.253 e. The highest BCUT2D eigenvalue weighted by atomic mass is 16.2. The van der Waals surface area contributed by atoms with Crippen LogP contribution in [0.3, 0.4) is 0 Å². The summed E-state index contributed by atoms with van der Waals surface area (Å²) < 4.78 is 0. The number of hydrogen-bond acceptors (Lipinski definition) is 2. The number of likely N-dealkylation sites (tertiary alicyclic amines) is 1. The minimum atomic E-state index is 0.00465. The SMILES string of the molecule is CC1CCN(C(=O)c2ccc3c(c2)NC(=O)C3)CC1C. The highest BCUT2D eigenvalue weighted by molar-refractivity contribution is 6.02. The third-order valence-electron chi connectivity index (χ3n) is 4.60. The molecule has 2 heterocycles. The number of benzene rings is 1. The molecule has 1 fully saturated rings. The van der Waals surface area contributed by atoms with Gasteiger partial charge in [0.25, 0.3) is 5.91 Å². The molecule has 0 aromatic heterocycles. The quantitative estimate of drug-likeness (QED) is 0.852. The molecule has 2 amide bonds. The second-order valence-electron chi connectivity index (χ2n) is 6.09. The third-order valence-corrected chi connectivity index (χ3v) is 4.60. The Morgan fingerprint density at radius 1 is 1.30 bits per heavy atom. The maximum atomic E-state index is 12.5. The molecular weight excluding hydrogens is 252 g/mol. The first-order valence-corrected chi connectivity index (χ1v) is 7.26. The molecule has 1 N–H and O–H groups in total. The summed E-state index contributed by atoms with van der Waals surface area (Å²) in [6, 6.07) is 5.53. The van der Waals surface area contributed by atoms with Gasteiger partial charge in [-0.3, -0.25) is 9.59 Å². The van der Waals surface area contributed by atoms with E-state index in [-0.39, 0.29) is 11.8 Å². The molecule has 1 aromatic carbocycles. The molecule has 0 radical (unpaired) electrons. The van der Waals surface area contributed by atoms with E-state index in [2.05, 4.69) is 19.2 Å². The van der Waals surface area contributed by atoms with Gasteiger partial charge in [-0.1, -0.05) is 19.9 Å². The molecule has 0 saturated carbocycles. The zero-order valence-electron chi connectivity index (χ0n) is 12.0. The van der Waals surface area contributed by atoms with Crippen molar-refractivity contribution in [3.8, 4) is 0 Å². The van der Waals surface area contributed by atoms with Crippen molar-refractivity contribution in [2.75, 3.05) is 18.4 Å². The van der Waals surface area contributed by atoms with Crippen LogP contribution in [0.15, 0.2) is 18.2 Å². The standard InChI is InChI=1S/C16H20N2O2/c1-10-5-6-18(9-11(10)2)16(20)13-4-3-12-8-15(19)17-14(12)7-13/h3-4,7,10-11H,5-6,8-9H2,1-2H3,(H,17,19). The second-order valence-corrected chi connectivity index (χ2v) is 6.09. The lowest BCUT2D eigenvalue weighted by Gasteiger charge is -2.35. The summed E-state index contributed by atoms with van der Waals surface area (Å²) in [7, 11) is 0. The molecule has 2 aliphatic heterocycles. The number of carbonyl (C=O) groups is 2. The van der Waals surface area contributed by atoms with E-state index in [4.69, 9.17) is 0 Å². The number of carbonyl (C=O) groups excluding carboxylic acids is 2. The van der Waals surface area contributed by atoms with Gasteiger partial charge < -0.3 is 10.2 Å². The number of hydrogen-bond donors (Lipinski definition) is 1. The van der Waals surface area contributed by atoms with Gasteiger partial charge in [0, 0.05) is 24.3 Å². The summed E-state index contributed by atoms with van der Waals surface area (Å²) in [4.78, 5) is 25.8. The maximum Gasteiger partial charge on any atom is 0.253 e. The van der Waals surface area contributed by atoms with Crippen molar-refractivity contribution >= 4 is 17.5 Å². The van der Waals surface area contributed by atoms with Crippen LogP contribution in [0.5, 0.6) is 0 Å². The fraction of sp³-hybridized carbons (Fsp3) is 0.500. The number of nitrogens with zero attached hydrogens (tertiary/aromatic N) is 1. The number of piperidine rings is 1. The summed E-state index contributed by atoms with van der Waals surface area (Å²) in [5, 5.41) is 2.80. The normalized spacial score (nSPS) is 25.3. The molecule has 1 aromatic rings. The van der Waals surface area contributed by atoms with E-state index in [9.17, 15) is 9.59 Å². The predicted molar refractivity (Wildman–Crippen MR) is 77.6 cm³/mol. The molecular formula is C16H20N2O2. The molecule has 0 spiro atoms. The van der Waals surface area contributed by atoms with E-state index in [1.165, 1.54) is 0 Å². The minimum Gasteiger partial charge on any atom is -0.338 e. The summed E-state index contributed by atoms with van der Waals surface area (Å²) >= 11 is 0. The van der Waals surface area contributed by atoms with Gasteiger partial charge in [-0.15, -0.1) is 0 Å². The number of fused-ring (bicyclic) bond motifs is 1. The van der Waals surface area contributed by atoms with Crippen LogP contribution in [0.25, 0.3) is 0 Å². The molecule has 2 atom stereocenters. The number of anilines is 1. The molecule has 106 valence electrons. The lowest BCUT2D eigenvalue weighted by Crippen LogP contribution is -2.42. The van der Waals surface area contributed by atoms with Crippen molar-refractivity contribution in [1.82, 2.24) is 4.90 Å². The molecule has 0 bridgehead atoms. The highest BCUT2D eigenvalue weighted by Gasteiger charge is 2.27. The number of nitrogens with one attached hydrogen (secondary N) is 1. The van der Waals surface area contributed by atoms with Crippen molar-refractivity contribution in [2.24, 2.45) is 11.8 Å². The molecule has 4 nitrogen and oxygen atoms in total. The zero-order chi connectivity index (χ0) is 14.3. The molecule has 2 unspecified atom stereocenters. The minimum absolute atomic E-state index is 0.00465.